The quantitative estimate of drug-likeness (QED) is 0.727. The molecule has 0 radical (unpaired) electrons. The zero-order valence-electron chi connectivity index (χ0n) is 9.11. The maximum atomic E-state index is 5.85. The molecule has 2 N–H and O–H groups in total. The largest absolute Gasteiger partial charge is 0.376 e. The van der Waals surface area contributed by atoms with E-state index in [2.05, 4.69) is 11.8 Å². The van der Waals surface area contributed by atoms with Crippen LogP contribution in [0.4, 0.5) is 0 Å². The topological polar surface area (TPSA) is 38.5 Å². The molecular formula is C11H22N2O. The first kappa shape index (κ1) is 10.4. The molecule has 3 nitrogen and oxygen atoms in total. The molecule has 1 heterocycles. The van der Waals surface area contributed by atoms with Crippen LogP contribution in [0.15, 0.2) is 0 Å². The molecule has 0 aromatic rings. The lowest BCUT2D eigenvalue weighted by molar-refractivity contribution is -0.0461. The minimum atomic E-state index is 0.441. The standard InChI is InChI=1S/C11H22N2O/c1-2-10-8-13(5-6-14-10)11(7-12)9-3-4-9/h9-11H,2-8,12H2,1H3. The lowest BCUT2D eigenvalue weighted by Gasteiger charge is -2.37. The number of morpholine rings is 1. The second-order valence-electron chi connectivity index (χ2n) is 4.54. The number of hydrogen-bond acceptors (Lipinski definition) is 3. The van der Waals surface area contributed by atoms with Crippen molar-refractivity contribution in [1.82, 2.24) is 4.90 Å². The Morgan fingerprint density at radius 3 is 2.86 bits per heavy atom. The maximum Gasteiger partial charge on any atom is 0.0700 e. The average Bonchev–Trinajstić information content (AvgIpc) is 3.04. The van der Waals surface area contributed by atoms with Crippen molar-refractivity contribution in [3.05, 3.63) is 0 Å². The summed E-state index contributed by atoms with van der Waals surface area (Å²) >= 11 is 0. The summed E-state index contributed by atoms with van der Waals surface area (Å²) in [5, 5.41) is 0. The fourth-order valence-corrected chi connectivity index (χ4v) is 2.41. The van der Waals surface area contributed by atoms with Crippen LogP contribution in [0.3, 0.4) is 0 Å². The zero-order valence-corrected chi connectivity index (χ0v) is 9.11. The molecule has 82 valence electrons. The number of nitrogens with zero attached hydrogens (tertiary/aromatic N) is 1. The summed E-state index contributed by atoms with van der Waals surface area (Å²) < 4.78 is 5.67. The van der Waals surface area contributed by atoms with E-state index >= 15 is 0 Å². The van der Waals surface area contributed by atoms with Gasteiger partial charge in [0.2, 0.25) is 0 Å². The van der Waals surface area contributed by atoms with E-state index in [1.165, 1.54) is 12.8 Å². The van der Waals surface area contributed by atoms with Gasteiger partial charge in [-0.15, -0.1) is 0 Å². The third kappa shape index (κ3) is 2.27. The van der Waals surface area contributed by atoms with Crippen molar-refractivity contribution >= 4 is 0 Å². The van der Waals surface area contributed by atoms with Crippen LogP contribution >= 0.6 is 0 Å². The van der Waals surface area contributed by atoms with Crippen LogP contribution in [0.2, 0.25) is 0 Å². The third-order valence-corrected chi connectivity index (χ3v) is 3.50. The van der Waals surface area contributed by atoms with Crippen molar-refractivity contribution < 1.29 is 4.74 Å². The lowest BCUT2D eigenvalue weighted by Crippen LogP contribution is -2.51. The van der Waals surface area contributed by atoms with E-state index in [1.807, 2.05) is 0 Å². The summed E-state index contributed by atoms with van der Waals surface area (Å²) in [5.41, 5.74) is 5.85. The Kier molecular flexibility index (Phi) is 3.42. The average molecular weight is 198 g/mol. The van der Waals surface area contributed by atoms with E-state index < -0.39 is 0 Å². The van der Waals surface area contributed by atoms with Crippen LogP contribution in [0.25, 0.3) is 0 Å². The van der Waals surface area contributed by atoms with Gasteiger partial charge in [-0.3, -0.25) is 4.90 Å². The summed E-state index contributed by atoms with van der Waals surface area (Å²) in [6.45, 7) is 6.08. The monoisotopic (exact) mass is 198 g/mol. The highest BCUT2D eigenvalue weighted by molar-refractivity contribution is 4.90. The van der Waals surface area contributed by atoms with E-state index in [0.29, 0.717) is 12.1 Å². The van der Waals surface area contributed by atoms with E-state index in [-0.39, 0.29) is 0 Å². The van der Waals surface area contributed by atoms with Crippen molar-refractivity contribution in [1.29, 1.82) is 0 Å². The van der Waals surface area contributed by atoms with E-state index in [1.54, 1.807) is 0 Å². The molecule has 1 saturated carbocycles. The molecule has 1 aliphatic heterocycles. The highest BCUT2D eigenvalue weighted by Gasteiger charge is 2.36. The van der Waals surface area contributed by atoms with Crippen molar-refractivity contribution in [3.8, 4) is 0 Å². The third-order valence-electron chi connectivity index (χ3n) is 3.50. The second-order valence-corrected chi connectivity index (χ2v) is 4.54. The molecule has 1 aliphatic carbocycles. The second kappa shape index (κ2) is 4.60. The van der Waals surface area contributed by atoms with Crippen LogP contribution in [0.1, 0.15) is 26.2 Å². The summed E-state index contributed by atoms with van der Waals surface area (Å²) in [6, 6.07) is 0.632. The highest BCUT2D eigenvalue weighted by Crippen LogP contribution is 2.35. The lowest BCUT2D eigenvalue weighted by atomic mass is 10.1. The van der Waals surface area contributed by atoms with Crippen LogP contribution < -0.4 is 5.73 Å². The molecule has 0 spiro atoms. The zero-order chi connectivity index (χ0) is 9.97. The normalized spacial score (nSPS) is 31.7. The van der Waals surface area contributed by atoms with Gasteiger partial charge in [-0.2, -0.15) is 0 Å². The Morgan fingerprint density at radius 2 is 2.29 bits per heavy atom. The number of rotatable bonds is 4. The molecular weight excluding hydrogens is 176 g/mol. The summed E-state index contributed by atoms with van der Waals surface area (Å²) in [6.07, 6.45) is 4.33. The van der Waals surface area contributed by atoms with Gasteiger partial charge in [-0.25, -0.2) is 0 Å². The molecule has 2 rings (SSSR count). The molecule has 14 heavy (non-hydrogen) atoms. The van der Waals surface area contributed by atoms with Crippen LogP contribution in [-0.4, -0.2) is 43.3 Å². The SMILES string of the molecule is CCC1CN(C(CN)C2CC2)CCO1. The molecule has 0 bridgehead atoms. The predicted molar refractivity (Wildman–Crippen MR) is 57.2 cm³/mol. The van der Waals surface area contributed by atoms with Crippen LogP contribution in [-0.2, 0) is 4.74 Å². The molecule has 2 atom stereocenters. The van der Waals surface area contributed by atoms with Gasteiger partial charge in [0.15, 0.2) is 0 Å². The van der Waals surface area contributed by atoms with E-state index in [0.717, 1.165) is 38.6 Å². The number of hydrogen-bond donors (Lipinski definition) is 1. The van der Waals surface area contributed by atoms with Gasteiger partial charge >= 0.3 is 0 Å². The predicted octanol–water partition coefficient (Wildman–Crippen LogP) is 0.834. The first-order chi connectivity index (χ1) is 6.85. The Morgan fingerprint density at radius 1 is 1.50 bits per heavy atom. The molecule has 2 aliphatic rings. The minimum Gasteiger partial charge on any atom is -0.376 e. The molecule has 0 aromatic carbocycles. The van der Waals surface area contributed by atoms with Crippen LogP contribution in [0, 0.1) is 5.92 Å². The number of ether oxygens (including phenoxy) is 1. The van der Waals surface area contributed by atoms with Crippen molar-refractivity contribution in [2.24, 2.45) is 11.7 Å². The van der Waals surface area contributed by atoms with Gasteiger partial charge in [0, 0.05) is 25.7 Å². The maximum absolute atomic E-state index is 5.85. The van der Waals surface area contributed by atoms with E-state index in [9.17, 15) is 0 Å². The smallest absolute Gasteiger partial charge is 0.0700 e. The Hall–Kier alpha value is -0.120. The van der Waals surface area contributed by atoms with Gasteiger partial charge in [0.05, 0.1) is 12.7 Å². The molecule has 0 amide bonds. The van der Waals surface area contributed by atoms with Gasteiger partial charge in [0.25, 0.3) is 0 Å². The molecule has 2 fully saturated rings. The highest BCUT2D eigenvalue weighted by atomic mass is 16.5. The summed E-state index contributed by atoms with van der Waals surface area (Å²) in [5.74, 6) is 0.885. The van der Waals surface area contributed by atoms with Crippen molar-refractivity contribution in [2.45, 2.75) is 38.3 Å². The van der Waals surface area contributed by atoms with Crippen molar-refractivity contribution in [2.75, 3.05) is 26.2 Å². The summed E-state index contributed by atoms with van der Waals surface area (Å²) in [7, 11) is 0. The number of nitrogens with two attached hydrogens (primary N) is 1. The van der Waals surface area contributed by atoms with Crippen LogP contribution in [0.5, 0.6) is 0 Å². The van der Waals surface area contributed by atoms with Gasteiger partial charge < -0.3 is 10.5 Å². The Balaban J connectivity index is 1.87. The first-order valence-corrected chi connectivity index (χ1v) is 5.90. The van der Waals surface area contributed by atoms with E-state index in [4.69, 9.17) is 10.5 Å². The van der Waals surface area contributed by atoms with Gasteiger partial charge in [-0.1, -0.05) is 6.92 Å². The summed E-state index contributed by atoms with van der Waals surface area (Å²) in [4.78, 5) is 2.55. The van der Waals surface area contributed by atoms with Gasteiger partial charge in [0.1, 0.15) is 0 Å². The minimum absolute atomic E-state index is 0.441. The molecule has 3 heteroatoms. The Labute approximate surface area is 86.6 Å². The Bertz CT molecular complexity index is 182. The molecule has 2 unspecified atom stereocenters. The van der Waals surface area contributed by atoms with Crippen molar-refractivity contribution in [3.63, 3.8) is 0 Å². The first-order valence-electron chi connectivity index (χ1n) is 5.90. The molecule has 0 aromatic heterocycles. The fourth-order valence-electron chi connectivity index (χ4n) is 2.41. The molecule has 1 saturated heterocycles. The van der Waals surface area contributed by atoms with Gasteiger partial charge in [-0.05, 0) is 25.2 Å². The fraction of sp³-hybridized carbons (Fsp3) is 1.00.